The van der Waals surface area contributed by atoms with Gasteiger partial charge < -0.3 is 0 Å². The molecule has 1 heterocycles. The summed E-state index contributed by atoms with van der Waals surface area (Å²) in [6.07, 6.45) is -0.227. The molecule has 158 valence electrons. The van der Waals surface area contributed by atoms with Gasteiger partial charge in [-0.1, -0.05) is 29.8 Å². The maximum Gasteiger partial charge on any atom is 0.471 e. The number of anilines is 1. The highest BCUT2D eigenvalue weighted by molar-refractivity contribution is 6.31. The SMILES string of the molecule is Cc1c(Cl)cccc1N(CN1C(=O)[C@H]2[C@@H]3C=C[C@H]([C@@H]4C[C@H]34)[C@@H]2C1=O)C(=O)C(F)(F)F. The van der Waals surface area contributed by atoms with Crippen molar-refractivity contribution in [1.29, 1.82) is 0 Å². The lowest BCUT2D eigenvalue weighted by Gasteiger charge is -2.37. The minimum atomic E-state index is -5.17. The first-order valence-electron chi connectivity index (χ1n) is 9.78. The summed E-state index contributed by atoms with van der Waals surface area (Å²) in [5, 5.41) is 0.183. The van der Waals surface area contributed by atoms with Crippen LogP contribution in [0.1, 0.15) is 12.0 Å². The molecule has 1 aliphatic heterocycles. The van der Waals surface area contributed by atoms with Gasteiger partial charge in [0.05, 0.1) is 17.5 Å². The molecule has 0 aromatic heterocycles. The van der Waals surface area contributed by atoms with Crippen LogP contribution >= 0.6 is 11.6 Å². The van der Waals surface area contributed by atoms with Gasteiger partial charge in [-0.2, -0.15) is 13.2 Å². The molecule has 30 heavy (non-hydrogen) atoms. The van der Waals surface area contributed by atoms with Gasteiger partial charge in [0.25, 0.3) is 0 Å². The second-order valence-corrected chi connectivity index (χ2v) is 8.92. The predicted molar refractivity (Wildman–Crippen MR) is 101 cm³/mol. The normalized spacial score (nSPS) is 33.6. The smallest absolute Gasteiger partial charge is 0.285 e. The molecule has 9 heteroatoms. The number of allylic oxidation sites excluding steroid dienone is 2. The van der Waals surface area contributed by atoms with E-state index in [0.29, 0.717) is 16.7 Å². The number of nitrogens with zero attached hydrogens (tertiary/aromatic N) is 2. The molecule has 2 bridgehead atoms. The largest absolute Gasteiger partial charge is 0.471 e. The summed E-state index contributed by atoms with van der Waals surface area (Å²) < 4.78 is 40.0. The van der Waals surface area contributed by atoms with E-state index in [4.69, 9.17) is 11.6 Å². The average Bonchev–Trinajstić information content (AvgIpc) is 3.47. The van der Waals surface area contributed by atoms with Crippen LogP contribution in [0, 0.1) is 42.4 Å². The van der Waals surface area contributed by atoms with Gasteiger partial charge in [-0.15, -0.1) is 0 Å². The van der Waals surface area contributed by atoms with Gasteiger partial charge in [0.2, 0.25) is 11.8 Å². The highest BCUT2D eigenvalue weighted by atomic mass is 35.5. The Hall–Kier alpha value is -2.35. The van der Waals surface area contributed by atoms with Crippen molar-refractivity contribution in [3.8, 4) is 0 Å². The van der Waals surface area contributed by atoms with Gasteiger partial charge in [-0.25, -0.2) is 0 Å². The van der Waals surface area contributed by atoms with Crippen LogP contribution in [0.2, 0.25) is 5.02 Å². The molecule has 5 aliphatic rings. The topological polar surface area (TPSA) is 57.7 Å². The maximum atomic E-state index is 13.3. The third kappa shape index (κ3) is 2.65. The molecular formula is C21H18ClF3N2O3. The van der Waals surface area contributed by atoms with Crippen LogP contribution in [0.25, 0.3) is 0 Å². The highest BCUT2D eigenvalue weighted by Crippen LogP contribution is 2.65. The number of carbonyl (C=O) groups excluding carboxylic acids is 3. The summed E-state index contributed by atoms with van der Waals surface area (Å²) in [5.74, 6) is -3.56. The first kappa shape index (κ1) is 19.6. The molecular weight excluding hydrogens is 421 g/mol. The molecule has 6 atom stereocenters. The minimum Gasteiger partial charge on any atom is -0.285 e. The van der Waals surface area contributed by atoms with Crippen LogP contribution < -0.4 is 4.90 Å². The third-order valence-corrected chi connectivity index (χ3v) is 7.46. The summed E-state index contributed by atoms with van der Waals surface area (Å²) in [6.45, 7) is 0.707. The third-order valence-electron chi connectivity index (χ3n) is 7.05. The second kappa shape index (κ2) is 6.33. The molecule has 0 spiro atoms. The van der Waals surface area contributed by atoms with Gasteiger partial charge in [0, 0.05) is 5.02 Å². The van der Waals surface area contributed by atoms with Crippen LogP contribution in [-0.4, -0.2) is 35.5 Å². The van der Waals surface area contributed by atoms with E-state index in [1.165, 1.54) is 25.1 Å². The van der Waals surface area contributed by atoms with Crippen LogP contribution in [0.5, 0.6) is 0 Å². The Kier molecular flexibility index (Phi) is 4.13. The number of rotatable bonds is 3. The van der Waals surface area contributed by atoms with Gasteiger partial charge in [0.15, 0.2) is 0 Å². The van der Waals surface area contributed by atoms with E-state index in [-0.39, 0.29) is 28.1 Å². The Morgan fingerprint density at radius 3 is 2.23 bits per heavy atom. The number of halogens is 4. The summed E-state index contributed by atoms with van der Waals surface area (Å²) in [5.41, 5.74) is 0.181. The van der Waals surface area contributed by atoms with Gasteiger partial charge in [-0.3, -0.25) is 24.2 Å². The summed E-state index contributed by atoms with van der Waals surface area (Å²) >= 11 is 6.04. The van der Waals surface area contributed by atoms with Gasteiger partial charge in [0.1, 0.15) is 6.67 Å². The zero-order chi connectivity index (χ0) is 21.5. The number of carbonyl (C=O) groups is 3. The lowest BCUT2D eigenvalue weighted by molar-refractivity contribution is -0.171. The second-order valence-electron chi connectivity index (χ2n) is 8.52. The number of benzene rings is 1. The van der Waals surface area contributed by atoms with Gasteiger partial charge in [-0.05, 0) is 54.7 Å². The van der Waals surface area contributed by atoms with Crippen LogP contribution in [0.3, 0.4) is 0 Å². The van der Waals surface area contributed by atoms with E-state index in [0.717, 1.165) is 11.3 Å². The quantitative estimate of drug-likeness (QED) is 0.535. The maximum absolute atomic E-state index is 13.3. The summed E-state index contributed by atoms with van der Waals surface area (Å²) in [7, 11) is 0. The number of amides is 3. The summed E-state index contributed by atoms with van der Waals surface area (Å²) in [4.78, 5) is 39.7. The van der Waals surface area contributed by atoms with Crippen LogP contribution in [0.4, 0.5) is 18.9 Å². The fourth-order valence-electron chi connectivity index (χ4n) is 5.59. The fourth-order valence-corrected chi connectivity index (χ4v) is 5.76. The molecule has 1 saturated heterocycles. The first-order valence-corrected chi connectivity index (χ1v) is 10.2. The minimum absolute atomic E-state index is 0.0499. The molecule has 6 rings (SSSR count). The van der Waals surface area contributed by atoms with Gasteiger partial charge >= 0.3 is 12.1 Å². The van der Waals surface area contributed by atoms with Crippen molar-refractivity contribution < 1.29 is 27.6 Å². The van der Waals surface area contributed by atoms with Crippen molar-refractivity contribution in [2.75, 3.05) is 11.6 Å². The fraction of sp³-hybridized carbons (Fsp3) is 0.476. The molecule has 1 aromatic rings. The standard InChI is InChI=1S/C21H18ClF3N2O3/c1-9-14(22)3-2-4-15(9)26(20(30)21(23,24)25)8-27-18(28)16-10-5-6-11(13-7-12(10)13)17(16)19(27)29/h2-6,10-13,16-17H,7-8H2,1H3/t10-,11-,12-,13+,16+,17+/m1/s1. The number of likely N-dealkylation sites (tertiary alicyclic amines) is 1. The van der Waals surface area contributed by atoms with Crippen molar-refractivity contribution in [1.82, 2.24) is 4.90 Å². The van der Waals surface area contributed by atoms with Crippen molar-refractivity contribution in [3.05, 3.63) is 40.9 Å². The Bertz CT molecular complexity index is 972. The molecule has 3 amide bonds. The molecule has 5 nitrogen and oxygen atoms in total. The van der Waals surface area contributed by atoms with E-state index in [2.05, 4.69) is 0 Å². The number of hydrogen-bond donors (Lipinski definition) is 0. The Balaban J connectivity index is 1.50. The molecule has 1 aromatic carbocycles. The van der Waals surface area contributed by atoms with E-state index < -0.39 is 42.4 Å². The van der Waals surface area contributed by atoms with Crippen molar-refractivity contribution in [2.45, 2.75) is 19.5 Å². The molecule has 0 N–H and O–H groups in total. The Morgan fingerprint density at radius 2 is 1.70 bits per heavy atom. The van der Waals surface area contributed by atoms with Crippen LogP contribution in [-0.2, 0) is 14.4 Å². The lowest BCUT2D eigenvalue weighted by Crippen LogP contribution is -2.49. The molecule has 0 unspecified atom stereocenters. The first-order chi connectivity index (χ1) is 14.1. The van der Waals surface area contributed by atoms with Crippen LogP contribution in [0.15, 0.2) is 30.4 Å². The monoisotopic (exact) mass is 438 g/mol. The van der Waals surface area contributed by atoms with Crippen molar-refractivity contribution in [2.24, 2.45) is 35.5 Å². The zero-order valence-electron chi connectivity index (χ0n) is 15.9. The molecule has 3 fully saturated rings. The molecule has 2 saturated carbocycles. The van der Waals surface area contributed by atoms with E-state index in [1.54, 1.807) is 0 Å². The van der Waals surface area contributed by atoms with E-state index in [1.807, 2.05) is 12.2 Å². The molecule has 0 radical (unpaired) electrons. The van der Waals surface area contributed by atoms with Crippen molar-refractivity contribution in [3.63, 3.8) is 0 Å². The number of hydrogen-bond acceptors (Lipinski definition) is 3. The number of alkyl halides is 3. The Morgan fingerprint density at radius 1 is 1.13 bits per heavy atom. The van der Waals surface area contributed by atoms with E-state index in [9.17, 15) is 27.6 Å². The highest BCUT2D eigenvalue weighted by Gasteiger charge is 2.67. The number of imide groups is 1. The zero-order valence-corrected chi connectivity index (χ0v) is 16.7. The lowest BCUT2D eigenvalue weighted by atomic mass is 9.63. The predicted octanol–water partition coefficient (Wildman–Crippen LogP) is 3.55. The van der Waals surface area contributed by atoms with E-state index >= 15 is 0 Å². The average molecular weight is 439 g/mol. The molecule has 4 aliphatic carbocycles. The van der Waals surface area contributed by atoms with Crippen molar-refractivity contribution >= 4 is 35.0 Å². The summed E-state index contributed by atoms with van der Waals surface area (Å²) in [6, 6.07) is 4.24. The Labute approximate surface area is 175 Å².